The number of aryl methyl sites for hydroxylation is 1. The third-order valence-corrected chi connectivity index (χ3v) is 5.33. The minimum absolute atomic E-state index is 1.02. The number of nitrogens with zero attached hydrogens (tertiary/aromatic N) is 2. The third kappa shape index (κ3) is 4.68. The molecule has 0 aliphatic carbocycles. The topological polar surface area (TPSA) is 16.1 Å². The van der Waals surface area contributed by atoms with Crippen LogP contribution >= 0.6 is 0 Å². The van der Waals surface area contributed by atoms with Crippen molar-refractivity contribution in [2.45, 2.75) is 32.7 Å². The van der Waals surface area contributed by atoms with Crippen LogP contribution in [0.25, 0.3) is 11.3 Å². The Kier molecular flexibility index (Phi) is 5.85. The van der Waals surface area contributed by atoms with Gasteiger partial charge in [0, 0.05) is 29.4 Å². The summed E-state index contributed by atoms with van der Waals surface area (Å²) in [7, 11) is 0. The van der Waals surface area contributed by atoms with E-state index in [0.717, 1.165) is 28.9 Å². The number of aromatic nitrogens is 1. The predicted octanol–water partition coefficient (Wildman–Crippen LogP) is 5.44. The standard InChI is InChI=1S/C26H26N2/c1-21-6-5-17-27-26(21)25-15-13-23(14-16-25)8-7-22-9-11-24(12-10-22)20-28-18-3-2-4-19-28/h5-6,9-17H,2-4,18-20H2,1H3. The minimum Gasteiger partial charge on any atom is -0.299 e. The largest absolute Gasteiger partial charge is 0.299 e. The van der Waals surface area contributed by atoms with Crippen molar-refractivity contribution in [1.82, 2.24) is 9.88 Å². The summed E-state index contributed by atoms with van der Waals surface area (Å²) in [4.78, 5) is 7.03. The van der Waals surface area contributed by atoms with E-state index in [1.807, 2.05) is 12.3 Å². The van der Waals surface area contributed by atoms with E-state index < -0.39 is 0 Å². The monoisotopic (exact) mass is 366 g/mol. The van der Waals surface area contributed by atoms with Crippen molar-refractivity contribution in [1.29, 1.82) is 0 Å². The maximum absolute atomic E-state index is 4.48. The Bertz CT molecular complexity index is 969. The summed E-state index contributed by atoms with van der Waals surface area (Å²) >= 11 is 0. The minimum atomic E-state index is 1.02. The van der Waals surface area contributed by atoms with Crippen molar-refractivity contribution in [2.24, 2.45) is 0 Å². The highest BCUT2D eigenvalue weighted by atomic mass is 15.1. The molecule has 0 bridgehead atoms. The molecule has 2 aromatic carbocycles. The molecule has 1 aliphatic rings. The summed E-state index contributed by atoms with van der Waals surface area (Å²) in [5, 5.41) is 0. The molecule has 3 aromatic rings. The number of pyridine rings is 1. The van der Waals surface area contributed by atoms with Crippen LogP contribution in [-0.4, -0.2) is 23.0 Å². The van der Waals surface area contributed by atoms with Gasteiger partial charge in [-0.3, -0.25) is 9.88 Å². The van der Waals surface area contributed by atoms with Gasteiger partial charge in [-0.25, -0.2) is 0 Å². The van der Waals surface area contributed by atoms with Crippen molar-refractivity contribution in [2.75, 3.05) is 13.1 Å². The maximum atomic E-state index is 4.48. The normalized spacial score (nSPS) is 14.3. The molecule has 0 unspecified atom stereocenters. The summed E-state index contributed by atoms with van der Waals surface area (Å²) in [5.74, 6) is 6.56. The van der Waals surface area contributed by atoms with Crippen molar-refractivity contribution in [3.05, 3.63) is 89.1 Å². The Labute approximate surface area is 168 Å². The van der Waals surface area contributed by atoms with E-state index >= 15 is 0 Å². The van der Waals surface area contributed by atoms with E-state index in [1.165, 1.54) is 43.5 Å². The molecule has 2 heterocycles. The summed E-state index contributed by atoms with van der Waals surface area (Å²) in [6.45, 7) is 5.61. The zero-order valence-corrected chi connectivity index (χ0v) is 16.5. The highest BCUT2D eigenvalue weighted by molar-refractivity contribution is 5.63. The van der Waals surface area contributed by atoms with Gasteiger partial charge in [0.05, 0.1) is 5.69 Å². The van der Waals surface area contributed by atoms with Crippen LogP contribution in [0.5, 0.6) is 0 Å². The number of benzene rings is 2. The lowest BCUT2D eigenvalue weighted by atomic mass is 10.0. The first kappa shape index (κ1) is 18.5. The molecule has 0 amide bonds. The number of rotatable bonds is 3. The Morgan fingerprint density at radius 1 is 0.821 bits per heavy atom. The first-order chi connectivity index (χ1) is 13.8. The molecule has 4 rings (SSSR count). The van der Waals surface area contributed by atoms with Crippen LogP contribution < -0.4 is 0 Å². The molecule has 1 saturated heterocycles. The van der Waals surface area contributed by atoms with Gasteiger partial charge < -0.3 is 0 Å². The fourth-order valence-corrected chi connectivity index (χ4v) is 3.71. The fraction of sp³-hybridized carbons (Fsp3) is 0.269. The van der Waals surface area contributed by atoms with E-state index in [9.17, 15) is 0 Å². The first-order valence-corrected chi connectivity index (χ1v) is 10.1. The van der Waals surface area contributed by atoms with Crippen LogP contribution in [-0.2, 0) is 6.54 Å². The molecule has 0 radical (unpaired) electrons. The Morgan fingerprint density at radius 2 is 1.46 bits per heavy atom. The van der Waals surface area contributed by atoms with Gasteiger partial charge in [0.25, 0.3) is 0 Å². The van der Waals surface area contributed by atoms with E-state index in [1.54, 1.807) is 0 Å². The molecule has 2 heteroatoms. The lowest BCUT2D eigenvalue weighted by molar-refractivity contribution is 0.221. The molecular formula is C26H26N2. The fourth-order valence-electron chi connectivity index (χ4n) is 3.71. The second-order valence-electron chi connectivity index (χ2n) is 7.53. The van der Waals surface area contributed by atoms with Gasteiger partial charge in [-0.15, -0.1) is 0 Å². The Hall–Kier alpha value is -2.89. The van der Waals surface area contributed by atoms with E-state index in [-0.39, 0.29) is 0 Å². The average molecular weight is 367 g/mol. The average Bonchev–Trinajstić information content (AvgIpc) is 2.75. The van der Waals surface area contributed by atoms with Gasteiger partial charge >= 0.3 is 0 Å². The van der Waals surface area contributed by atoms with Crippen molar-refractivity contribution in [3.63, 3.8) is 0 Å². The van der Waals surface area contributed by atoms with Crippen LogP contribution in [0.3, 0.4) is 0 Å². The molecule has 2 nitrogen and oxygen atoms in total. The smallest absolute Gasteiger partial charge is 0.0731 e. The number of hydrogen-bond donors (Lipinski definition) is 0. The van der Waals surface area contributed by atoms with Crippen LogP contribution in [0.1, 0.15) is 41.5 Å². The van der Waals surface area contributed by atoms with Gasteiger partial charge in [0.2, 0.25) is 0 Å². The summed E-state index contributed by atoms with van der Waals surface area (Å²) in [6.07, 6.45) is 5.89. The van der Waals surface area contributed by atoms with Gasteiger partial charge in [0.15, 0.2) is 0 Å². The molecule has 0 N–H and O–H groups in total. The highest BCUT2D eigenvalue weighted by Gasteiger charge is 2.10. The van der Waals surface area contributed by atoms with Gasteiger partial charge in [-0.1, -0.05) is 48.6 Å². The highest BCUT2D eigenvalue weighted by Crippen LogP contribution is 2.20. The lowest BCUT2D eigenvalue weighted by Crippen LogP contribution is -2.29. The number of piperidine rings is 1. The molecule has 0 spiro atoms. The number of hydrogen-bond acceptors (Lipinski definition) is 2. The number of likely N-dealkylation sites (tertiary alicyclic amines) is 1. The zero-order chi connectivity index (χ0) is 19.2. The SMILES string of the molecule is Cc1cccnc1-c1ccc(C#Cc2ccc(CN3CCCCC3)cc2)cc1. The molecule has 1 fully saturated rings. The van der Waals surface area contributed by atoms with Crippen molar-refractivity contribution < 1.29 is 0 Å². The van der Waals surface area contributed by atoms with Crippen molar-refractivity contribution >= 4 is 0 Å². The molecular weight excluding hydrogens is 340 g/mol. The third-order valence-electron chi connectivity index (χ3n) is 5.33. The molecule has 140 valence electrons. The molecule has 0 saturated carbocycles. The van der Waals surface area contributed by atoms with Gasteiger partial charge in [0.1, 0.15) is 0 Å². The maximum Gasteiger partial charge on any atom is 0.0731 e. The summed E-state index contributed by atoms with van der Waals surface area (Å²) < 4.78 is 0. The lowest BCUT2D eigenvalue weighted by Gasteiger charge is -2.26. The van der Waals surface area contributed by atoms with Crippen LogP contribution in [0.2, 0.25) is 0 Å². The zero-order valence-electron chi connectivity index (χ0n) is 16.5. The molecule has 1 aromatic heterocycles. The van der Waals surface area contributed by atoms with Crippen LogP contribution in [0.15, 0.2) is 66.9 Å². The summed E-state index contributed by atoms with van der Waals surface area (Å²) in [6, 6.07) is 21.1. The predicted molar refractivity (Wildman–Crippen MR) is 116 cm³/mol. The van der Waals surface area contributed by atoms with Crippen LogP contribution in [0, 0.1) is 18.8 Å². The van der Waals surface area contributed by atoms with Crippen molar-refractivity contribution in [3.8, 4) is 23.1 Å². The van der Waals surface area contributed by atoms with Gasteiger partial charge in [-0.2, -0.15) is 0 Å². The second-order valence-corrected chi connectivity index (χ2v) is 7.53. The summed E-state index contributed by atoms with van der Waals surface area (Å²) in [5.41, 5.74) is 6.81. The Morgan fingerprint density at radius 3 is 2.11 bits per heavy atom. The molecule has 0 atom stereocenters. The van der Waals surface area contributed by atoms with Gasteiger partial charge in [-0.05, 0) is 74.3 Å². The molecule has 28 heavy (non-hydrogen) atoms. The quantitative estimate of drug-likeness (QED) is 0.574. The van der Waals surface area contributed by atoms with E-state index in [4.69, 9.17) is 0 Å². The van der Waals surface area contributed by atoms with Crippen LogP contribution in [0.4, 0.5) is 0 Å². The first-order valence-electron chi connectivity index (χ1n) is 10.1. The van der Waals surface area contributed by atoms with E-state index in [2.05, 4.69) is 83.2 Å². The second kappa shape index (κ2) is 8.87. The Balaban J connectivity index is 1.41. The molecule has 1 aliphatic heterocycles. The van der Waals surface area contributed by atoms with E-state index in [0.29, 0.717) is 0 Å².